The zero-order chi connectivity index (χ0) is 20.3. The van der Waals surface area contributed by atoms with Crippen molar-refractivity contribution in [3.8, 4) is 5.75 Å². The zero-order valence-corrected chi connectivity index (χ0v) is 17.8. The van der Waals surface area contributed by atoms with Crippen LogP contribution >= 0.6 is 0 Å². The summed E-state index contributed by atoms with van der Waals surface area (Å²) in [6, 6.07) is 6.17. The lowest BCUT2D eigenvalue weighted by Crippen LogP contribution is -2.06. The third kappa shape index (κ3) is 13.4. The molecular formula is C25H40O3. The van der Waals surface area contributed by atoms with Crippen LogP contribution in [0.5, 0.6) is 5.75 Å². The minimum absolute atomic E-state index is 0.158. The molecule has 0 aliphatic carbocycles. The van der Waals surface area contributed by atoms with Gasteiger partial charge in [-0.1, -0.05) is 76.9 Å². The molecule has 1 aromatic carbocycles. The molecule has 3 heteroatoms. The highest BCUT2D eigenvalue weighted by Crippen LogP contribution is 2.12. The Hall–Kier alpha value is -1.77. The van der Waals surface area contributed by atoms with E-state index < -0.39 is 0 Å². The van der Waals surface area contributed by atoms with Crippen LogP contribution in [-0.2, 0) is 4.74 Å². The summed E-state index contributed by atoms with van der Waals surface area (Å²) >= 11 is 0. The van der Waals surface area contributed by atoms with Gasteiger partial charge in [0, 0.05) is 0 Å². The number of esters is 1. The third-order valence-electron chi connectivity index (χ3n) is 4.99. The summed E-state index contributed by atoms with van der Waals surface area (Å²) in [5, 5.41) is 9.22. The Balaban J connectivity index is 1.83. The number of carbonyl (C=O) groups excluding carboxylic acids is 1. The Bertz CT molecular complexity index is 519. The number of phenolic OH excluding ortho intramolecular Hbond substituents is 1. The quantitative estimate of drug-likeness (QED) is 0.170. The fourth-order valence-corrected chi connectivity index (χ4v) is 3.20. The van der Waals surface area contributed by atoms with Crippen LogP contribution in [-0.4, -0.2) is 17.7 Å². The maximum atomic E-state index is 11.8. The first-order chi connectivity index (χ1) is 13.7. The smallest absolute Gasteiger partial charge is 0.338 e. The van der Waals surface area contributed by atoms with Crippen LogP contribution in [0.4, 0.5) is 0 Å². The monoisotopic (exact) mass is 388 g/mol. The molecule has 0 fully saturated rings. The van der Waals surface area contributed by atoms with Crippen molar-refractivity contribution in [1.29, 1.82) is 0 Å². The van der Waals surface area contributed by atoms with Crippen molar-refractivity contribution in [3.63, 3.8) is 0 Å². The average molecular weight is 389 g/mol. The largest absolute Gasteiger partial charge is 0.508 e. The molecule has 0 amide bonds. The van der Waals surface area contributed by atoms with Crippen LogP contribution in [0, 0.1) is 0 Å². The van der Waals surface area contributed by atoms with Gasteiger partial charge in [0.05, 0.1) is 12.2 Å². The van der Waals surface area contributed by atoms with E-state index in [0.717, 1.165) is 12.8 Å². The number of phenols is 1. The normalized spacial score (nSPS) is 11.2. The molecule has 1 rings (SSSR count). The van der Waals surface area contributed by atoms with Crippen LogP contribution in [0.15, 0.2) is 36.4 Å². The number of hydrogen-bond donors (Lipinski definition) is 1. The molecule has 0 radical (unpaired) electrons. The molecule has 0 atom stereocenters. The summed E-state index contributed by atoms with van der Waals surface area (Å²) in [6.45, 7) is 2.74. The van der Waals surface area contributed by atoms with Crippen molar-refractivity contribution in [3.05, 3.63) is 42.0 Å². The van der Waals surface area contributed by atoms with Crippen LogP contribution in [0.25, 0.3) is 0 Å². The van der Waals surface area contributed by atoms with Crippen LogP contribution in [0.2, 0.25) is 0 Å². The van der Waals surface area contributed by atoms with Gasteiger partial charge in [0.15, 0.2) is 0 Å². The van der Waals surface area contributed by atoms with E-state index >= 15 is 0 Å². The average Bonchev–Trinajstić information content (AvgIpc) is 2.70. The Morgan fingerprint density at radius 1 is 0.786 bits per heavy atom. The second kappa shape index (κ2) is 17.3. The summed E-state index contributed by atoms with van der Waals surface area (Å²) in [5.41, 5.74) is 0.489. The van der Waals surface area contributed by atoms with Gasteiger partial charge in [0.2, 0.25) is 0 Å². The number of allylic oxidation sites excluding steroid dienone is 2. The molecule has 3 nitrogen and oxygen atoms in total. The number of hydrogen-bond acceptors (Lipinski definition) is 3. The molecule has 0 aliphatic heterocycles. The van der Waals surface area contributed by atoms with Gasteiger partial charge in [-0.15, -0.1) is 0 Å². The summed E-state index contributed by atoms with van der Waals surface area (Å²) in [4.78, 5) is 11.8. The van der Waals surface area contributed by atoms with Gasteiger partial charge in [-0.2, -0.15) is 0 Å². The Kier molecular flexibility index (Phi) is 15.0. The van der Waals surface area contributed by atoms with E-state index in [-0.39, 0.29) is 11.7 Å². The minimum atomic E-state index is -0.311. The highest BCUT2D eigenvalue weighted by molar-refractivity contribution is 5.89. The highest BCUT2D eigenvalue weighted by atomic mass is 16.5. The molecule has 0 spiro atoms. The molecule has 0 bridgehead atoms. The van der Waals surface area contributed by atoms with Gasteiger partial charge < -0.3 is 9.84 Å². The topological polar surface area (TPSA) is 46.5 Å². The van der Waals surface area contributed by atoms with Crippen molar-refractivity contribution in [2.24, 2.45) is 0 Å². The van der Waals surface area contributed by atoms with Gasteiger partial charge >= 0.3 is 5.97 Å². The summed E-state index contributed by atoms with van der Waals surface area (Å²) < 4.78 is 5.26. The number of benzene rings is 1. The molecule has 0 heterocycles. The van der Waals surface area contributed by atoms with E-state index in [1.165, 1.54) is 89.2 Å². The van der Waals surface area contributed by atoms with Crippen LogP contribution in [0.3, 0.4) is 0 Å². The number of ether oxygens (including phenoxy) is 1. The molecule has 28 heavy (non-hydrogen) atoms. The predicted molar refractivity (Wildman–Crippen MR) is 118 cm³/mol. The fourth-order valence-electron chi connectivity index (χ4n) is 3.20. The van der Waals surface area contributed by atoms with E-state index in [2.05, 4.69) is 19.1 Å². The molecule has 1 aromatic rings. The SMILES string of the molecule is CCCCCCC/C=C/CCCCCCCCCOC(=O)c1ccc(O)cc1. The maximum absolute atomic E-state index is 11.8. The zero-order valence-electron chi connectivity index (χ0n) is 17.8. The maximum Gasteiger partial charge on any atom is 0.338 e. The minimum Gasteiger partial charge on any atom is -0.508 e. The van der Waals surface area contributed by atoms with Gasteiger partial charge in [-0.05, 0) is 56.4 Å². The lowest BCUT2D eigenvalue weighted by molar-refractivity contribution is 0.0497. The first kappa shape index (κ1) is 24.3. The lowest BCUT2D eigenvalue weighted by Gasteiger charge is -2.05. The fraction of sp³-hybridized carbons (Fsp3) is 0.640. The van der Waals surface area contributed by atoms with Gasteiger partial charge in [-0.3, -0.25) is 0 Å². The van der Waals surface area contributed by atoms with Gasteiger partial charge in [-0.25, -0.2) is 4.79 Å². The molecule has 0 saturated heterocycles. The molecule has 158 valence electrons. The summed E-state index contributed by atoms with van der Waals surface area (Å²) in [6.07, 6.45) is 22.5. The number of aromatic hydroxyl groups is 1. The first-order valence-corrected chi connectivity index (χ1v) is 11.3. The van der Waals surface area contributed by atoms with Crippen molar-refractivity contribution in [2.75, 3.05) is 6.61 Å². The first-order valence-electron chi connectivity index (χ1n) is 11.3. The van der Waals surface area contributed by atoms with E-state index in [1.807, 2.05) is 0 Å². The second-order valence-corrected chi connectivity index (χ2v) is 7.62. The van der Waals surface area contributed by atoms with Crippen molar-refractivity contribution in [1.82, 2.24) is 0 Å². The molecule has 0 saturated carbocycles. The molecule has 0 aliphatic rings. The molecule has 1 N–H and O–H groups in total. The number of unbranched alkanes of at least 4 members (excludes halogenated alkanes) is 12. The van der Waals surface area contributed by atoms with E-state index in [9.17, 15) is 9.90 Å². The Labute approximate surface area is 172 Å². The standard InChI is InChI=1S/C25H40O3/c1-2-3-4-5-6-7-8-9-10-11-12-13-14-15-16-17-22-28-25(27)23-18-20-24(26)21-19-23/h8-9,18-21,26H,2-7,10-17,22H2,1H3/b9-8+. The third-order valence-corrected chi connectivity index (χ3v) is 4.99. The van der Waals surface area contributed by atoms with E-state index in [0.29, 0.717) is 12.2 Å². The van der Waals surface area contributed by atoms with Crippen LogP contribution < -0.4 is 0 Å². The highest BCUT2D eigenvalue weighted by Gasteiger charge is 2.06. The lowest BCUT2D eigenvalue weighted by atomic mass is 10.1. The molecule has 0 unspecified atom stereocenters. The number of rotatable bonds is 17. The van der Waals surface area contributed by atoms with E-state index in [4.69, 9.17) is 4.74 Å². The molecular weight excluding hydrogens is 348 g/mol. The Morgan fingerprint density at radius 2 is 1.29 bits per heavy atom. The van der Waals surface area contributed by atoms with Gasteiger partial charge in [0.1, 0.15) is 5.75 Å². The van der Waals surface area contributed by atoms with Crippen molar-refractivity contribution >= 4 is 5.97 Å². The van der Waals surface area contributed by atoms with Crippen LogP contribution in [0.1, 0.15) is 107 Å². The summed E-state index contributed by atoms with van der Waals surface area (Å²) in [5.74, 6) is -0.153. The van der Waals surface area contributed by atoms with Crippen molar-refractivity contribution in [2.45, 2.75) is 96.8 Å². The van der Waals surface area contributed by atoms with E-state index in [1.54, 1.807) is 12.1 Å². The Morgan fingerprint density at radius 3 is 1.86 bits per heavy atom. The van der Waals surface area contributed by atoms with Gasteiger partial charge in [0.25, 0.3) is 0 Å². The molecule has 0 aromatic heterocycles. The van der Waals surface area contributed by atoms with Crippen molar-refractivity contribution < 1.29 is 14.6 Å². The second-order valence-electron chi connectivity index (χ2n) is 7.62. The summed E-state index contributed by atoms with van der Waals surface area (Å²) in [7, 11) is 0. The predicted octanol–water partition coefficient (Wildman–Crippen LogP) is 7.59. The number of carbonyl (C=O) groups is 1.